The van der Waals surface area contributed by atoms with E-state index in [0.29, 0.717) is 24.8 Å². The van der Waals surface area contributed by atoms with Crippen LogP contribution in [0.3, 0.4) is 0 Å². The second-order valence-electron chi connectivity index (χ2n) is 7.51. The molecule has 29 heavy (non-hydrogen) atoms. The van der Waals surface area contributed by atoms with Crippen molar-refractivity contribution in [2.45, 2.75) is 32.9 Å². The van der Waals surface area contributed by atoms with Crippen LogP contribution in [0.25, 0.3) is 5.82 Å². The summed E-state index contributed by atoms with van der Waals surface area (Å²) in [7, 11) is 0. The van der Waals surface area contributed by atoms with Crippen LogP contribution in [-0.2, 0) is 13.1 Å². The lowest BCUT2D eigenvalue weighted by molar-refractivity contribution is 0.164. The molecule has 0 spiro atoms. The summed E-state index contributed by atoms with van der Waals surface area (Å²) in [6, 6.07) is 6.63. The van der Waals surface area contributed by atoms with E-state index in [-0.39, 0.29) is 11.1 Å². The summed E-state index contributed by atoms with van der Waals surface area (Å²) in [5.41, 5.74) is 0.650. The zero-order valence-corrected chi connectivity index (χ0v) is 16.5. The maximum atomic E-state index is 12.2. The molecule has 3 aromatic rings. The van der Waals surface area contributed by atoms with Crippen molar-refractivity contribution in [2.75, 3.05) is 19.6 Å². The highest BCUT2D eigenvalue weighted by Crippen LogP contribution is 2.18. The highest BCUT2D eigenvalue weighted by Gasteiger charge is 2.20. The van der Waals surface area contributed by atoms with Crippen LogP contribution >= 0.6 is 0 Å². The van der Waals surface area contributed by atoms with Gasteiger partial charge in [-0.25, -0.2) is 14.3 Å². The number of rotatable bonds is 6. The van der Waals surface area contributed by atoms with Gasteiger partial charge in [0.2, 0.25) is 0 Å². The van der Waals surface area contributed by atoms with E-state index in [9.17, 15) is 9.59 Å². The van der Waals surface area contributed by atoms with Crippen molar-refractivity contribution in [1.29, 1.82) is 0 Å². The molecule has 4 heterocycles. The fourth-order valence-electron chi connectivity index (χ4n) is 3.67. The van der Waals surface area contributed by atoms with Crippen molar-refractivity contribution in [3.63, 3.8) is 0 Å². The molecule has 9 nitrogen and oxygen atoms in total. The van der Waals surface area contributed by atoms with E-state index in [2.05, 4.69) is 20.1 Å². The summed E-state index contributed by atoms with van der Waals surface area (Å²) in [5, 5.41) is 8.64. The van der Waals surface area contributed by atoms with E-state index >= 15 is 0 Å². The van der Waals surface area contributed by atoms with Crippen LogP contribution < -0.4 is 11.1 Å². The Morgan fingerprint density at radius 1 is 1.10 bits per heavy atom. The Morgan fingerprint density at radius 2 is 1.93 bits per heavy atom. The number of aryl methyl sites for hydroxylation is 1. The third-order valence-electron chi connectivity index (χ3n) is 5.40. The molecule has 0 unspecified atom stereocenters. The Kier molecular flexibility index (Phi) is 5.66. The lowest BCUT2D eigenvalue weighted by Gasteiger charge is -2.32. The molecule has 152 valence electrons. The topological polar surface area (TPSA) is 90.8 Å². The summed E-state index contributed by atoms with van der Waals surface area (Å²) in [4.78, 5) is 30.7. The molecule has 1 saturated heterocycles. The van der Waals surface area contributed by atoms with Crippen molar-refractivity contribution in [3.05, 3.63) is 69.4 Å². The Morgan fingerprint density at radius 3 is 2.66 bits per heavy atom. The van der Waals surface area contributed by atoms with Gasteiger partial charge in [0, 0.05) is 49.9 Å². The molecule has 1 aliphatic heterocycles. The number of nitrogens with zero attached hydrogens (tertiary/aromatic N) is 7. The third-order valence-corrected chi connectivity index (χ3v) is 5.40. The molecule has 1 aliphatic rings. The molecule has 1 fully saturated rings. The van der Waals surface area contributed by atoms with Crippen molar-refractivity contribution in [1.82, 2.24) is 34.0 Å². The van der Waals surface area contributed by atoms with Gasteiger partial charge in [-0.1, -0.05) is 0 Å². The smallest absolute Gasteiger partial charge is 0.266 e. The number of piperidine rings is 1. The van der Waals surface area contributed by atoms with Crippen LogP contribution in [0, 0.1) is 12.8 Å². The summed E-state index contributed by atoms with van der Waals surface area (Å²) in [6.45, 7) is 5.80. The van der Waals surface area contributed by atoms with E-state index in [0.717, 1.165) is 38.2 Å². The van der Waals surface area contributed by atoms with E-state index in [4.69, 9.17) is 0 Å². The first kappa shape index (κ1) is 19.3. The van der Waals surface area contributed by atoms with Gasteiger partial charge in [0.15, 0.2) is 5.82 Å². The van der Waals surface area contributed by atoms with Crippen LogP contribution in [0.2, 0.25) is 0 Å². The molecule has 0 bridgehead atoms. The van der Waals surface area contributed by atoms with Crippen molar-refractivity contribution >= 4 is 0 Å². The van der Waals surface area contributed by atoms with Crippen LogP contribution in [-0.4, -0.2) is 53.6 Å². The first-order valence-electron chi connectivity index (χ1n) is 9.92. The van der Waals surface area contributed by atoms with E-state index in [1.54, 1.807) is 44.7 Å². The maximum absolute atomic E-state index is 12.2. The Balaban J connectivity index is 1.31. The molecule has 0 aromatic carbocycles. The average molecular weight is 395 g/mol. The van der Waals surface area contributed by atoms with Crippen LogP contribution in [0.5, 0.6) is 0 Å². The Labute approximate surface area is 168 Å². The summed E-state index contributed by atoms with van der Waals surface area (Å²) >= 11 is 0. The number of aromatic nitrogens is 6. The predicted octanol–water partition coefficient (Wildman–Crippen LogP) is 0.706. The molecule has 0 amide bonds. The van der Waals surface area contributed by atoms with Crippen molar-refractivity contribution < 1.29 is 0 Å². The first-order valence-corrected chi connectivity index (χ1v) is 9.92. The fourth-order valence-corrected chi connectivity index (χ4v) is 3.67. The standard InChI is InChI=1S/C20H25N7O2/c1-16-13-20(29)25(15-21-16)12-11-24-9-5-17(6-10-24)14-27-19(28)4-3-18(23-27)26-8-2-7-22-26/h2-4,7-8,13,15,17H,5-6,9-12,14H2,1H3. The summed E-state index contributed by atoms with van der Waals surface area (Å²) < 4.78 is 4.86. The predicted molar refractivity (Wildman–Crippen MR) is 108 cm³/mol. The second kappa shape index (κ2) is 8.52. The zero-order valence-electron chi connectivity index (χ0n) is 16.5. The lowest BCUT2D eigenvalue weighted by Crippen LogP contribution is -2.39. The Hall–Kier alpha value is -3.07. The van der Waals surface area contributed by atoms with Crippen molar-refractivity contribution in [2.24, 2.45) is 5.92 Å². The molecule has 4 rings (SSSR count). The molecule has 0 radical (unpaired) electrons. The minimum Gasteiger partial charge on any atom is -0.302 e. The van der Waals surface area contributed by atoms with Gasteiger partial charge in [0.05, 0.1) is 6.33 Å². The second-order valence-corrected chi connectivity index (χ2v) is 7.51. The Bertz CT molecular complexity index is 1060. The van der Waals surface area contributed by atoms with Crippen molar-refractivity contribution in [3.8, 4) is 5.82 Å². The highest BCUT2D eigenvalue weighted by molar-refractivity contribution is 5.17. The van der Waals surface area contributed by atoms with Gasteiger partial charge in [-0.05, 0) is 50.9 Å². The normalized spacial score (nSPS) is 15.6. The SMILES string of the molecule is Cc1cc(=O)n(CCN2CCC(Cn3nc(-n4cccn4)ccc3=O)CC2)cn1. The largest absolute Gasteiger partial charge is 0.302 e. The van der Waals surface area contributed by atoms with Crippen LogP contribution in [0.15, 0.2) is 52.6 Å². The van der Waals surface area contributed by atoms with Crippen LogP contribution in [0.4, 0.5) is 0 Å². The molecule has 0 atom stereocenters. The lowest BCUT2D eigenvalue weighted by atomic mass is 9.97. The van der Waals surface area contributed by atoms with Gasteiger partial charge in [0.1, 0.15) is 0 Å². The monoisotopic (exact) mass is 395 g/mol. The molecule has 0 aliphatic carbocycles. The van der Waals surface area contributed by atoms with E-state index in [1.165, 1.54) is 0 Å². The molecule has 0 N–H and O–H groups in total. The van der Waals surface area contributed by atoms with E-state index < -0.39 is 0 Å². The summed E-state index contributed by atoms with van der Waals surface area (Å²) in [6.07, 6.45) is 7.12. The maximum Gasteiger partial charge on any atom is 0.266 e. The molecule has 3 aromatic heterocycles. The highest BCUT2D eigenvalue weighted by atomic mass is 16.1. The van der Waals surface area contributed by atoms with Crippen LogP contribution in [0.1, 0.15) is 18.5 Å². The fraction of sp³-hybridized carbons (Fsp3) is 0.450. The molecule has 0 saturated carbocycles. The van der Waals surface area contributed by atoms with Gasteiger partial charge in [-0.15, -0.1) is 5.10 Å². The summed E-state index contributed by atoms with van der Waals surface area (Å²) in [5.74, 6) is 1.05. The first-order chi connectivity index (χ1) is 14.1. The third kappa shape index (κ3) is 4.68. The number of hydrogen-bond donors (Lipinski definition) is 0. The van der Waals surface area contributed by atoms with Gasteiger partial charge < -0.3 is 4.90 Å². The quantitative estimate of drug-likeness (QED) is 0.610. The van der Waals surface area contributed by atoms with Gasteiger partial charge in [-0.3, -0.25) is 14.2 Å². The number of likely N-dealkylation sites (tertiary alicyclic amines) is 1. The van der Waals surface area contributed by atoms with Gasteiger partial charge >= 0.3 is 0 Å². The minimum absolute atomic E-state index is 0.00472. The number of hydrogen-bond acceptors (Lipinski definition) is 6. The molecular weight excluding hydrogens is 370 g/mol. The average Bonchev–Trinajstić information content (AvgIpc) is 3.25. The minimum atomic E-state index is -0.0884. The zero-order chi connectivity index (χ0) is 20.2. The molecule has 9 heteroatoms. The van der Waals surface area contributed by atoms with Gasteiger partial charge in [-0.2, -0.15) is 5.10 Å². The van der Waals surface area contributed by atoms with E-state index in [1.807, 2.05) is 19.2 Å². The van der Waals surface area contributed by atoms with Gasteiger partial charge in [0.25, 0.3) is 11.1 Å². The molecular formula is C20H25N7O2.